The molecular weight excluding hydrogens is 350 g/mol. The smallest absolute Gasteiger partial charge is 0.225 e. The Balaban J connectivity index is 1.27. The summed E-state index contributed by atoms with van der Waals surface area (Å²) >= 11 is 0. The lowest BCUT2D eigenvalue weighted by molar-refractivity contribution is -0.162. The quantitative estimate of drug-likeness (QED) is 0.798. The van der Waals surface area contributed by atoms with Crippen LogP contribution in [-0.2, 0) is 4.79 Å². The first-order valence-electron chi connectivity index (χ1n) is 10.9. The van der Waals surface area contributed by atoms with Crippen LogP contribution < -0.4 is 4.90 Å². The molecule has 0 radical (unpaired) electrons. The topological polar surface area (TPSA) is 52.6 Å². The van der Waals surface area contributed by atoms with Crippen molar-refractivity contribution in [1.29, 1.82) is 0 Å². The molecule has 3 aliphatic rings. The number of carbonyl (C=O) groups excluding carboxylic acids is 1. The van der Waals surface area contributed by atoms with Crippen molar-refractivity contribution in [3.8, 4) is 0 Å². The van der Waals surface area contributed by atoms with Gasteiger partial charge in [0.15, 0.2) is 0 Å². The first kappa shape index (κ1) is 19.6. The minimum atomic E-state index is 0.125. The van der Waals surface area contributed by atoms with E-state index in [0.29, 0.717) is 29.3 Å². The number of amides is 1. The summed E-state index contributed by atoms with van der Waals surface area (Å²) < 4.78 is 0. The predicted octanol–water partition coefficient (Wildman–Crippen LogP) is 2.76. The van der Waals surface area contributed by atoms with Gasteiger partial charge in [0.25, 0.3) is 0 Å². The summed E-state index contributed by atoms with van der Waals surface area (Å²) in [6.07, 6.45) is 6.48. The Morgan fingerprint density at radius 2 is 1.75 bits per heavy atom. The molecule has 1 aliphatic carbocycles. The summed E-state index contributed by atoms with van der Waals surface area (Å²) in [5, 5.41) is 0. The Labute approximate surface area is 169 Å². The Bertz CT molecular complexity index is 702. The average Bonchev–Trinajstić information content (AvgIpc) is 2.60. The highest BCUT2D eigenvalue weighted by Gasteiger charge is 2.55. The number of likely N-dealkylation sites (tertiary alicyclic amines) is 1. The van der Waals surface area contributed by atoms with Crippen LogP contribution >= 0.6 is 0 Å². The van der Waals surface area contributed by atoms with Crippen LogP contribution in [0.1, 0.15) is 59.2 Å². The number of nitrogens with zero attached hydrogens (tertiary/aromatic N) is 5. The monoisotopic (exact) mass is 385 g/mol. The number of piperazine rings is 1. The van der Waals surface area contributed by atoms with Crippen molar-refractivity contribution in [3.05, 3.63) is 18.2 Å². The largest absolute Gasteiger partial charge is 0.366 e. The fraction of sp³-hybridized carbons (Fsp3) is 0.773. The van der Waals surface area contributed by atoms with Crippen LogP contribution in [-0.4, -0.2) is 70.5 Å². The molecule has 28 heavy (non-hydrogen) atoms. The minimum Gasteiger partial charge on any atom is -0.366 e. The van der Waals surface area contributed by atoms with Gasteiger partial charge in [0.2, 0.25) is 5.91 Å². The molecule has 6 heteroatoms. The van der Waals surface area contributed by atoms with Crippen molar-refractivity contribution in [2.75, 3.05) is 37.6 Å². The van der Waals surface area contributed by atoms with Gasteiger partial charge in [0.1, 0.15) is 5.82 Å². The number of aromatic nitrogens is 2. The Kier molecular flexibility index (Phi) is 5.10. The van der Waals surface area contributed by atoms with Gasteiger partial charge in [-0.1, -0.05) is 27.7 Å². The first-order chi connectivity index (χ1) is 13.3. The van der Waals surface area contributed by atoms with E-state index >= 15 is 0 Å². The van der Waals surface area contributed by atoms with Crippen molar-refractivity contribution < 1.29 is 4.79 Å². The summed E-state index contributed by atoms with van der Waals surface area (Å²) in [4.78, 5) is 28.4. The molecule has 3 heterocycles. The molecule has 0 unspecified atom stereocenters. The van der Waals surface area contributed by atoms with E-state index in [2.05, 4.69) is 45.4 Å². The number of carbonyl (C=O) groups is 1. The molecular formula is C22H35N5O. The second-order valence-corrected chi connectivity index (χ2v) is 9.90. The number of anilines is 1. The summed E-state index contributed by atoms with van der Waals surface area (Å²) in [6, 6.07) is 1.22. The third-order valence-corrected chi connectivity index (χ3v) is 6.88. The highest BCUT2D eigenvalue weighted by molar-refractivity contribution is 5.79. The highest BCUT2D eigenvalue weighted by atomic mass is 16.2. The molecule has 6 nitrogen and oxygen atoms in total. The lowest BCUT2D eigenvalue weighted by atomic mass is 9.60. The van der Waals surface area contributed by atoms with Crippen molar-refractivity contribution in [2.24, 2.45) is 11.3 Å². The van der Waals surface area contributed by atoms with Crippen LogP contribution in [0.2, 0.25) is 0 Å². The molecule has 154 valence electrons. The van der Waals surface area contributed by atoms with Gasteiger partial charge in [-0.05, 0) is 19.8 Å². The lowest BCUT2D eigenvalue weighted by Crippen LogP contribution is -2.70. The summed E-state index contributed by atoms with van der Waals surface area (Å²) in [7, 11) is 0. The molecule has 0 aromatic carbocycles. The zero-order valence-electron chi connectivity index (χ0n) is 18.1. The SMILES string of the molecule is CC(C)C(=O)N1CC2(CC(N3CCN(c4cnc(C(C)C)nc4)C[C@@H]3C)C2)C1. The third kappa shape index (κ3) is 3.51. The molecule has 2 saturated heterocycles. The normalized spacial score (nSPS) is 25.3. The summed E-state index contributed by atoms with van der Waals surface area (Å²) in [6.45, 7) is 15.7. The van der Waals surface area contributed by atoms with Gasteiger partial charge in [0, 0.05) is 62.1 Å². The molecule has 1 aromatic rings. The van der Waals surface area contributed by atoms with Crippen LogP contribution in [0.3, 0.4) is 0 Å². The standard InChI is InChI=1S/C22H35N5O/c1-15(2)20-23-10-19(11-24-20)25-6-7-27(17(5)12-25)18-8-22(9-18)13-26(14-22)21(28)16(3)4/h10-11,15-18H,6-9,12-14H2,1-5H3/t17-/m0/s1. The van der Waals surface area contributed by atoms with Gasteiger partial charge in [-0.2, -0.15) is 0 Å². The van der Waals surface area contributed by atoms with Gasteiger partial charge in [-0.3, -0.25) is 9.69 Å². The van der Waals surface area contributed by atoms with E-state index in [1.165, 1.54) is 12.8 Å². The molecule has 2 aliphatic heterocycles. The molecule has 1 atom stereocenters. The van der Waals surface area contributed by atoms with E-state index < -0.39 is 0 Å². The molecule has 1 spiro atoms. The molecule has 1 amide bonds. The minimum absolute atomic E-state index is 0.125. The van der Waals surface area contributed by atoms with Gasteiger partial charge in [0.05, 0.1) is 18.1 Å². The average molecular weight is 386 g/mol. The Morgan fingerprint density at radius 3 is 2.29 bits per heavy atom. The van der Waals surface area contributed by atoms with E-state index in [1.54, 1.807) is 0 Å². The molecule has 1 aromatic heterocycles. The van der Waals surface area contributed by atoms with Crippen LogP contribution in [0, 0.1) is 11.3 Å². The van der Waals surface area contributed by atoms with Crippen molar-refractivity contribution in [1.82, 2.24) is 19.8 Å². The molecule has 1 saturated carbocycles. The number of hydrogen-bond donors (Lipinski definition) is 0. The molecule has 3 fully saturated rings. The van der Waals surface area contributed by atoms with Gasteiger partial charge < -0.3 is 9.80 Å². The van der Waals surface area contributed by atoms with Crippen molar-refractivity contribution in [3.63, 3.8) is 0 Å². The fourth-order valence-electron chi connectivity index (χ4n) is 5.26. The van der Waals surface area contributed by atoms with Gasteiger partial charge in [-0.15, -0.1) is 0 Å². The van der Waals surface area contributed by atoms with Crippen LogP contribution in [0.15, 0.2) is 12.4 Å². The predicted molar refractivity (Wildman–Crippen MR) is 111 cm³/mol. The molecule has 4 rings (SSSR count). The fourth-order valence-corrected chi connectivity index (χ4v) is 5.26. The highest BCUT2D eigenvalue weighted by Crippen LogP contribution is 2.51. The van der Waals surface area contributed by atoms with E-state index in [-0.39, 0.29) is 5.92 Å². The first-order valence-corrected chi connectivity index (χ1v) is 10.9. The van der Waals surface area contributed by atoms with E-state index in [9.17, 15) is 4.79 Å². The van der Waals surface area contributed by atoms with Gasteiger partial charge >= 0.3 is 0 Å². The van der Waals surface area contributed by atoms with Crippen LogP contribution in [0.4, 0.5) is 5.69 Å². The maximum atomic E-state index is 12.1. The van der Waals surface area contributed by atoms with Crippen LogP contribution in [0.5, 0.6) is 0 Å². The van der Waals surface area contributed by atoms with E-state index in [4.69, 9.17) is 0 Å². The molecule has 0 N–H and O–H groups in total. The lowest BCUT2D eigenvalue weighted by Gasteiger charge is -2.62. The summed E-state index contributed by atoms with van der Waals surface area (Å²) in [5.74, 6) is 1.73. The van der Waals surface area contributed by atoms with E-state index in [0.717, 1.165) is 44.2 Å². The Hall–Kier alpha value is -1.69. The number of hydrogen-bond acceptors (Lipinski definition) is 5. The number of rotatable bonds is 4. The second kappa shape index (κ2) is 7.29. The summed E-state index contributed by atoms with van der Waals surface area (Å²) in [5.41, 5.74) is 1.56. The zero-order chi connectivity index (χ0) is 20.1. The Morgan fingerprint density at radius 1 is 1.11 bits per heavy atom. The molecule has 0 bridgehead atoms. The third-order valence-electron chi connectivity index (χ3n) is 6.88. The van der Waals surface area contributed by atoms with E-state index in [1.807, 2.05) is 26.2 Å². The van der Waals surface area contributed by atoms with Crippen LogP contribution in [0.25, 0.3) is 0 Å². The van der Waals surface area contributed by atoms with Crippen molar-refractivity contribution >= 4 is 11.6 Å². The zero-order valence-corrected chi connectivity index (χ0v) is 18.1. The second-order valence-electron chi connectivity index (χ2n) is 9.90. The van der Waals surface area contributed by atoms with Crippen molar-refractivity contribution in [2.45, 2.75) is 65.5 Å². The van der Waals surface area contributed by atoms with Gasteiger partial charge in [-0.25, -0.2) is 9.97 Å². The maximum absolute atomic E-state index is 12.1. The maximum Gasteiger partial charge on any atom is 0.225 e.